The first-order valence-electron chi connectivity index (χ1n) is 7.07. The summed E-state index contributed by atoms with van der Waals surface area (Å²) in [7, 11) is 4.79. The van der Waals surface area contributed by atoms with Crippen LogP contribution in [0.2, 0.25) is 0 Å². The van der Waals surface area contributed by atoms with Crippen LogP contribution in [0, 0.1) is 0 Å². The van der Waals surface area contributed by atoms with E-state index in [1.807, 2.05) is 36.5 Å². The van der Waals surface area contributed by atoms with E-state index in [9.17, 15) is 0 Å². The van der Waals surface area contributed by atoms with Gasteiger partial charge in [0.25, 0.3) is 0 Å². The van der Waals surface area contributed by atoms with Crippen LogP contribution >= 0.6 is 0 Å². The smallest absolute Gasteiger partial charge is 0.203 e. The summed E-state index contributed by atoms with van der Waals surface area (Å²) in [6.07, 6.45) is 1.82. The van der Waals surface area contributed by atoms with E-state index in [0.29, 0.717) is 17.2 Å². The Balaban J connectivity index is 2.27. The molecule has 22 heavy (non-hydrogen) atoms. The van der Waals surface area contributed by atoms with Crippen LogP contribution in [0.5, 0.6) is 17.2 Å². The summed E-state index contributed by atoms with van der Waals surface area (Å²) < 4.78 is 16.0. The Morgan fingerprint density at radius 2 is 1.50 bits per heavy atom. The lowest BCUT2D eigenvalue weighted by Gasteiger charge is -2.13. The molecule has 0 aliphatic rings. The van der Waals surface area contributed by atoms with Gasteiger partial charge in [0.15, 0.2) is 11.5 Å². The van der Waals surface area contributed by atoms with Crippen molar-refractivity contribution in [2.75, 3.05) is 21.3 Å². The molecule has 0 aliphatic heterocycles. The topological polar surface area (TPSA) is 40.0 Å². The number of aliphatic imine (C=N–C) groups is 1. The first-order valence-corrected chi connectivity index (χ1v) is 7.07. The Hall–Kier alpha value is -2.49. The number of nitrogens with zero attached hydrogens (tertiary/aromatic N) is 1. The fraction of sp³-hybridized carbons (Fsp3) is 0.278. The molecule has 0 saturated carbocycles. The average molecular weight is 299 g/mol. The van der Waals surface area contributed by atoms with E-state index in [0.717, 1.165) is 5.56 Å². The lowest BCUT2D eigenvalue weighted by molar-refractivity contribution is 0.324. The van der Waals surface area contributed by atoms with E-state index in [4.69, 9.17) is 14.2 Å². The van der Waals surface area contributed by atoms with E-state index >= 15 is 0 Å². The lowest BCUT2D eigenvalue weighted by Crippen LogP contribution is -1.97. The zero-order valence-electron chi connectivity index (χ0n) is 13.4. The quantitative estimate of drug-likeness (QED) is 0.760. The highest BCUT2D eigenvalue weighted by molar-refractivity contribution is 5.82. The maximum atomic E-state index is 5.34. The minimum absolute atomic E-state index is 0.0836. The summed E-state index contributed by atoms with van der Waals surface area (Å²) >= 11 is 0. The fourth-order valence-corrected chi connectivity index (χ4v) is 2.19. The molecule has 1 unspecified atom stereocenters. The molecule has 0 amide bonds. The Labute approximate surface area is 131 Å². The van der Waals surface area contributed by atoms with Crippen molar-refractivity contribution in [3.8, 4) is 17.2 Å². The standard InChI is InChI=1S/C18H21NO3/c1-13(15-8-6-5-7-9-15)19-12-14-10-16(20-2)18(22-4)17(11-14)21-3/h5-13H,1-4H3. The zero-order valence-corrected chi connectivity index (χ0v) is 13.4. The van der Waals surface area contributed by atoms with Crippen molar-refractivity contribution in [2.45, 2.75) is 13.0 Å². The van der Waals surface area contributed by atoms with Crippen molar-refractivity contribution in [3.05, 3.63) is 53.6 Å². The molecule has 0 fully saturated rings. The van der Waals surface area contributed by atoms with E-state index < -0.39 is 0 Å². The van der Waals surface area contributed by atoms with Gasteiger partial charge in [-0.1, -0.05) is 30.3 Å². The molecule has 4 nitrogen and oxygen atoms in total. The summed E-state index contributed by atoms with van der Waals surface area (Å²) in [5, 5.41) is 0. The molecule has 2 rings (SSSR count). The SMILES string of the molecule is COc1cc(C=NC(C)c2ccccc2)cc(OC)c1OC. The van der Waals surface area contributed by atoms with Crippen LogP contribution in [0.1, 0.15) is 24.1 Å². The van der Waals surface area contributed by atoms with Crippen molar-refractivity contribution in [1.82, 2.24) is 0 Å². The molecule has 4 heteroatoms. The summed E-state index contributed by atoms with van der Waals surface area (Å²) in [4.78, 5) is 4.59. The molecule has 1 atom stereocenters. The highest BCUT2D eigenvalue weighted by Crippen LogP contribution is 2.37. The van der Waals surface area contributed by atoms with Crippen LogP contribution in [-0.4, -0.2) is 27.5 Å². The van der Waals surface area contributed by atoms with Crippen molar-refractivity contribution >= 4 is 6.21 Å². The summed E-state index contributed by atoms with van der Waals surface area (Å²) in [6.45, 7) is 2.06. The van der Waals surface area contributed by atoms with Crippen LogP contribution in [-0.2, 0) is 0 Å². The first kappa shape index (κ1) is 15.9. The largest absolute Gasteiger partial charge is 0.493 e. The van der Waals surface area contributed by atoms with Gasteiger partial charge in [0, 0.05) is 6.21 Å². The van der Waals surface area contributed by atoms with Gasteiger partial charge in [0.1, 0.15) is 0 Å². The second-order valence-corrected chi connectivity index (χ2v) is 4.82. The molecule has 0 aliphatic carbocycles. The second kappa shape index (κ2) is 7.50. The van der Waals surface area contributed by atoms with Gasteiger partial charge in [-0.15, -0.1) is 0 Å². The highest BCUT2D eigenvalue weighted by atomic mass is 16.5. The number of hydrogen-bond acceptors (Lipinski definition) is 4. The van der Waals surface area contributed by atoms with Crippen molar-refractivity contribution in [1.29, 1.82) is 0 Å². The molecular formula is C18H21NO3. The normalized spacial score (nSPS) is 12.2. The minimum atomic E-state index is 0.0836. The maximum absolute atomic E-state index is 5.34. The number of benzene rings is 2. The molecule has 2 aromatic carbocycles. The zero-order chi connectivity index (χ0) is 15.9. The summed E-state index contributed by atoms with van der Waals surface area (Å²) in [5.74, 6) is 1.82. The third-order valence-corrected chi connectivity index (χ3v) is 3.42. The molecule has 0 aromatic heterocycles. The average Bonchev–Trinajstić information content (AvgIpc) is 2.59. The number of methoxy groups -OCH3 is 3. The fourth-order valence-electron chi connectivity index (χ4n) is 2.19. The molecule has 0 heterocycles. The molecule has 0 bridgehead atoms. The molecule has 0 radical (unpaired) electrons. The molecule has 2 aromatic rings. The van der Waals surface area contributed by atoms with Gasteiger partial charge < -0.3 is 14.2 Å². The number of hydrogen-bond donors (Lipinski definition) is 0. The summed E-state index contributed by atoms with van der Waals surface area (Å²) in [6, 6.07) is 14.0. The number of ether oxygens (including phenoxy) is 3. The van der Waals surface area contributed by atoms with Crippen LogP contribution < -0.4 is 14.2 Å². The van der Waals surface area contributed by atoms with Crippen LogP contribution in [0.4, 0.5) is 0 Å². The van der Waals surface area contributed by atoms with Gasteiger partial charge in [0.2, 0.25) is 5.75 Å². The lowest BCUT2D eigenvalue weighted by atomic mass is 10.1. The molecule has 0 N–H and O–H groups in total. The Kier molecular flexibility index (Phi) is 5.42. The van der Waals surface area contributed by atoms with E-state index in [1.54, 1.807) is 21.3 Å². The number of rotatable bonds is 6. The monoisotopic (exact) mass is 299 g/mol. The van der Waals surface area contributed by atoms with E-state index in [-0.39, 0.29) is 6.04 Å². The molecule has 0 spiro atoms. The highest BCUT2D eigenvalue weighted by Gasteiger charge is 2.12. The van der Waals surface area contributed by atoms with E-state index in [1.165, 1.54) is 5.56 Å². The van der Waals surface area contributed by atoms with Crippen LogP contribution in [0.3, 0.4) is 0 Å². The second-order valence-electron chi connectivity index (χ2n) is 4.82. The van der Waals surface area contributed by atoms with Gasteiger partial charge in [0.05, 0.1) is 27.4 Å². The van der Waals surface area contributed by atoms with Gasteiger partial charge in [-0.2, -0.15) is 0 Å². The van der Waals surface area contributed by atoms with Crippen molar-refractivity contribution < 1.29 is 14.2 Å². The van der Waals surface area contributed by atoms with Crippen LogP contribution in [0.25, 0.3) is 0 Å². The van der Waals surface area contributed by atoms with Crippen molar-refractivity contribution in [2.24, 2.45) is 4.99 Å². The predicted octanol–water partition coefficient (Wildman–Crippen LogP) is 3.89. The van der Waals surface area contributed by atoms with Crippen LogP contribution in [0.15, 0.2) is 47.5 Å². The maximum Gasteiger partial charge on any atom is 0.203 e. The Morgan fingerprint density at radius 3 is 2.00 bits per heavy atom. The van der Waals surface area contributed by atoms with Gasteiger partial charge in [-0.3, -0.25) is 4.99 Å². The first-order chi connectivity index (χ1) is 10.7. The van der Waals surface area contributed by atoms with Crippen molar-refractivity contribution in [3.63, 3.8) is 0 Å². The minimum Gasteiger partial charge on any atom is -0.493 e. The third kappa shape index (κ3) is 3.58. The van der Waals surface area contributed by atoms with Gasteiger partial charge >= 0.3 is 0 Å². The molecular weight excluding hydrogens is 278 g/mol. The molecule has 0 saturated heterocycles. The van der Waals surface area contributed by atoms with Gasteiger partial charge in [-0.05, 0) is 30.2 Å². The Morgan fingerprint density at radius 1 is 0.909 bits per heavy atom. The summed E-state index contributed by atoms with van der Waals surface area (Å²) in [5.41, 5.74) is 2.07. The third-order valence-electron chi connectivity index (χ3n) is 3.42. The van der Waals surface area contributed by atoms with Gasteiger partial charge in [-0.25, -0.2) is 0 Å². The molecule has 116 valence electrons. The Bertz CT molecular complexity index is 613. The predicted molar refractivity (Wildman–Crippen MR) is 88.5 cm³/mol. The van der Waals surface area contributed by atoms with E-state index in [2.05, 4.69) is 24.0 Å².